The first-order chi connectivity index (χ1) is 13.1. The number of nitrogens with one attached hydrogen (secondary N) is 2. The number of amides is 2. The smallest absolute Gasteiger partial charge is 0.273 e. The fourth-order valence-electron chi connectivity index (χ4n) is 4.21. The van der Waals surface area contributed by atoms with E-state index in [0.29, 0.717) is 18.0 Å². The summed E-state index contributed by atoms with van der Waals surface area (Å²) < 4.78 is 1.67. The van der Waals surface area contributed by atoms with Crippen molar-refractivity contribution < 1.29 is 9.59 Å². The number of nitrogens with zero attached hydrogens (tertiary/aromatic N) is 2. The number of aromatic nitrogens is 2. The van der Waals surface area contributed by atoms with Crippen molar-refractivity contribution in [1.82, 2.24) is 15.1 Å². The highest BCUT2D eigenvalue weighted by Crippen LogP contribution is 2.33. The summed E-state index contributed by atoms with van der Waals surface area (Å²) in [6.07, 6.45) is 7.22. The summed E-state index contributed by atoms with van der Waals surface area (Å²) in [7, 11) is 1.82. The van der Waals surface area contributed by atoms with Gasteiger partial charge in [0.15, 0.2) is 0 Å². The molecule has 2 N–H and O–H groups in total. The Balaban J connectivity index is 1.48. The van der Waals surface area contributed by atoms with Crippen LogP contribution in [0.4, 0.5) is 5.69 Å². The van der Waals surface area contributed by atoms with Crippen LogP contribution in [0.25, 0.3) is 0 Å². The van der Waals surface area contributed by atoms with Gasteiger partial charge in [-0.25, -0.2) is 0 Å². The van der Waals surface area contributed by atoms with Crippen molar-refractivity contribution in [2.45, 2.75) is 56.9 Å². The van der Waals surface area contributed by atoms with Gasteiger partial charge in [0.25, 0.3) is 5.91 Å². The van der Waals surface area contributed by atoms with Gasteiger partial charge in [-0.15, -0.1) is 0 Å². The quantitative estimate of drug-likeness (QED) is 0.867. The van der Waals surface area contributed by atoms with Gasteiger partial charge in [0.2, 0.25) is 5.91 Å². The van der Waals surface area contributed by atoms with Crippen LogP contribution in [0.15, 0.2) is 30.3 Å². The Morgan fingerprint density at radius 3 is 2.78 bits per heavy atom. The predicted octanol–water partition coefficient (Wildman–Crippen LogP) is 3.67. The molecule has 2 aromatic rings. The lowest BCUT2D eigenvalue weighted by Crippen LogP contribution is -2.32. The van der Waals surface area contributed by atoms with E-state index in [1.54, 1.807) is 4.68 Å². The summed E-state index contributed by atoms with van der Waals surface area (Å²) in [5.74, 6) is 0.421. The number of benzene rings is 1. The van der Waals surface area contributed by atoms with E-state index in [9.17, 15) is 9.59 Å². The first kappa shape index (κ1) is 17.8. The number of carbonyl (C=O) groups excluding carboxylic acids is 2. The van der Waals surface area contributed by atoms with Gasteiger partial charge in [-0.3, -0.25) is 14.3 Å². The van der Waals surface area contributed by atoms with Crippen LogP contribution in [0.2, 0.25) is 0 Å². The molecule has 0 spiro atoms. The van der Waals surface area contributed by atoms with Crippen LogP contribution in [-0.2, 0) is 11.8 Å². The van der Waals surface area contributed by atoms with E-state index >= 15 is 0 Å². The molecule has 1 aromatic carbocycles. The molecule has 2 aliphatic rings. The van der Waals surface area contributed by atoms with Crippen molar-refractivity contribution in [2.75, 3.05) is 5.32 Å². The van der Waals surface area contributed by atoms with Gasteiger partial charge in [-0.05, 0) is 49.4 Å². The van der Waals surface area contributed by atoms with Crippen LogP contribution in [0.3, 0.4) is 0 Å². The lowest BCUT2D eigenvalue weighted by Gasteiger charge is -2.24. The van der Waals surface area contributed by atoms with E-state index in [1.165, 1.54) is 12.8 Å². The zero-order valence-corrected chi connectivity index (χ0v) is 15.7. The molecule has 1 unspecified atom stereocenters. The van der Waals surface area contributed by atoms with E-state index in [2.05, 4.69) is 15.7 Å². The first-order valence-electron chi connectivity index (χ1n) is 9.85. The molecule has 142 valence electrons. The lowest BCUT2D eigenvalue weighted by atomic mass is 9.97. The predicted molar refractivity (Wildman–Crippen MR) is 104 cm³/mol. The van der Waals surface area contributed by atoms with E-state index in [-0.39, 0.29) is 17.9 Å². The van der Waals surface area contributed by atoms with Gasteiger partial charge in [-0.1, -0.05) is 25.0 Å². The van der Waals surface area contributed by atoms with Gasteiger partial charge in [-0.2, -0.15) is 5.10 Å². The second kappa shape index (κ2) is 7.55. The molecule has 2 heterocycles. The maximum absolute atomic E-state index is 12.8. The second-order valence-electron chi connectivity index (χ2n) is 7.65. The molecule has 1 aromatic heterocycles. The minimum Gasteiger partial charge on any atom is -0.349 e. The third kappa shape index (κ3) is 3.89. The van der Waals surface area contributed by atoms with Crippen LogP contribution >= 0.6 is 0 Å². The number of aryl methyl sites for hydroxylation is 1. The van der Waals surface area contributed by atoms with Crippen LogP contribution in [0.1, 0.15) is 78.7 Å². The van der Waals surface area contributed by atoms with Crippen LogP contribution in [-0.4, -0.2) is 21.6 Å². The van der Waals surface area contributed by atoms with E-state index < -0.39 is 0 Å². The maximum atomic E-state index is 12.8. The summed E-state index contributed by atoms with van der Waals surface area (Å²) in [6, 6.07) is 9.68. The zero-order chi connectivity index (χ0) is 18.8. The van der Waals surface area contributed by atoms with Gasteiger partial charge in [0, 0.05) is 25.1 Å². The third-order valence-corrected chi connectivity index (χ3v) is 5.68. The summed E-state index contributed by atoms with van der Waals surface area (Å²) in [5.41, 5.74) is 3.37. The number of anilines is 1. The molecule has 1 aliphatic carbocycles. The van der Waals surface area contributed by atoms with Crippen molar-refractivity contribution in [2.24, 2.45) is 7.05 Å². The molecule has 6 heteroatoms. The molecule has 1 atom stereocenters. The average molecular weight is 366 g/mol. The number of hydrogen-bond donors (Lipinski definition) is 2. The highest BCUT2D eigenvalue weighted by molar-refractivity contribution is 6.03. The molecular formula is C21H26N4O2. The maximum Gasteiger partial charge on any atom is 0.273 e. The minimum atomic E-state index is -0.154. The molecule has 1 aliphatic heterocycles. The summed E-state index contributed by atoms with van der Waals surface area (Å²) in [4.78, 5) is 24.4. The molecule has 27 heavy (non-hydrogen) atoms. The van der Waals surface area contributed by atoms with Crippen molar-refractivity contribution in [3.05, 3.63) is 47.3 Å². The SMILES string of the molecule is Cn1nc(C2CCCC2)cc1C(=O)Nc1cccc(C2CCCC(=O)N2)c1. The Kier molecular flexibility index (Phi) is 4.97. The second-order valence-corrected chi connectivity index (χ2v) is 7.65. The molecule has 1 saturated heterocycles. The Morgan fingerprint density at radius 2 is 2.00 bits per heavy atom. The largest absolute Gasteiger partial charge is 0.349 e. The first-order valence-corrected chi connectivity index (χ1v) is 9.85. The molecule has 2 amide bonds. The molecule has 0 bridgehead atoms. The fourth-order valence-corrected chi connectivity index (χ4v) is 4.21. The molecule has 2 fully saturated rings. The monoisotopic (exact) mass is 366 g/mol. The molecular weight excluding hydrogens is 340 g/mol. The summed E-state index contributed by atoms with van der Waals surface area (Å²) >= 11 is 0. The summed E-state index contributed by atoms with van der Waals surface area (Å²) in [6.45, 7) is 0. The van der Waals surface area contributed by atoms with Crippen molar-refractivity contribution in [1.29, 1.82) is 0 Å². The minimum absolute atomic E-state index is 0.0220. The Hall–Kier alpha value is -2.63. The van der Waals surface area contributed by atoms with Gasteiger partial charge in [0.1, 0.15) is 5.69 Å². The molecule has 4 rings (SSSR count). The number of piperidine rings is 1. The van der Waals surface area contributed by atoms with Gasteiger partial charge >= 0.3 is 0 Å². The van der Waals surface area contributed by atoms with Crippen molar-refractivity contribution in [3.63, 3.8) is 0 Å². The molecule has 1 saturated carbocycles. The number of rotatable bonds is 4. The average Bonchev–Trinajstić information content (AvgIpc) is 3.31. The highest BCUT2D eigenvalue weighted by atomic mass is 16.2. The van der Waals surface area contributed by atoms with Crippen LogP contribution in [0.5, 0.6) is 0 Å². The van der Waals surface area contributed by atoms with Gasteiger partial charge in [0.05, 0.1) is 11.7 Å². The van der Waals surface area contributed by atoms with Crippen LogP contribution < -0.4 is 10.6 Å². The molecule has 6 nitrogen and oxygen atoms in total. The van der Waals surface area contributed by atoms with Crippen LogP contribution in [0, 0.1) is 0 Å². The zero-order valence-electron chi connectivity index (χ0n) is 15.7. The van der Waals surface area contributed by atoms with E-state index in [1.807, 2.05) is 37.4 Å². The van der Waals surface area contributed by atoms with E-state index in [0.717, 1.165) is 42.6 Å². The Bertz CT molecular complexity index is 852. The van der Waals surface area contributed by atoms with Crippen molar-refractivity contribution in [3.8, 4) is 0 Å². The topological polar surface area (TPSA) is 76.0 Å². The number of carbonyl (C=O) groups is 2. The summed E-state index contributed by atoms with van der Waals surface area (Å²) in [5, 5.41) is 10.6. The normalized spacial score (nSPS) is 20.5. The highest BCUT2D eigenvalue weighted by Gasteiger charge is 2.23. The van der Waals surface area contributed by atoms with Gasteiger partial charge < -0.3 is 10.6 Å². The Morgan fingerprint density at radius 1 is 1.19 bits per heavy atom. The lowest BCUT2D eigenvalue weighted by molar-refractivity contribution is -0.123. The molecule has 0 radical (unpaired) electrons. The third-order valence-electron chi connectivity index (χ3n) is 5.68. The number of hydrogen-bond acceptors (Lipinski definition) is 3. The standard InChI is InChI=1S/C21H26N4O2/c1-25-19(13-18(24-25)14-6-2-3-7-14)21(27)22-16-9-4-8-15(12-16)17-10-5-11-20(26)23-17/h4,8-9,12-14,17H,2-3,5-7,10-11H2,1H3,(H,22,27)(H,23,26). The fraction of sp³-hybridized carbons (Fsp3) is 0.476. The Labute approximate surface area is 159 Å². The van der Waals surface area contributed by atoms with E-state index in [4.69, 9.17) is 0 Å². The van der Waals surface area contributed by atoms with Crippen molar-refractivity contribution >= 4 is 17.5 Å².